The number of hydrogen-bond donors (Lipinski definition) is 1. The van der Waals surface area contributed by atoms with Gasteiger partial charge in [-0.25, -0.2) is 0 Å². The zero-order chi connectivity index (χ0) is 15.4. The molecule has 4 nitrogen and oxygen atoms in total. The Bertz CT molecular complexity index is 593. The van der Waals surface area contributed by atoms with E-state index >= 15 is 0 Å². The topological polar surface area (TPSA) is 47.3 Å². The number of aryl methyl sites for hydroxylation is 2. The van der Waals surface area contributed by atoms with Gasteiger partial charge >= 0.3 is 0 Å². The molecule has 0 saturated heterocycles. The minimum atomic E-state index is -0.419. The molecule has 2 aromatic rings. The highest BCUT2D eigenvalue weighted by Crippen LogP contribution is 2.24. The van der Waals surface area contributed by atoms with Crippen LogP contribution < -0.4 is 4.74 Å². The third-order valence-electron chi connectivity index (χ3n) is 3.48. The molecular formula is C16H21ClN2O2. The Morgan fingerprint density at radius 3 is 2.52 bits per heavy atom. The van der Waals surface area contributed by atoms with Gasteiger partial charge in [-0.15, -0.1) is 0 Å². The molecule has 0 radical (unpaired) electrons. The molecule has 1 unspecified atom stereocenters. The summed E-state index contributed by atoms with van der Waals surface area (Å²) in [5.74, 6) is 0.750. The van der Waals surface area contributed by atoms with Crippen LogP contribution in [-0.4, -0.2) is 14.9 Å². The van der Waals surface area contributed by atoms with E-state index in [-0.39, 0.29) is 0 Å². The number of nitrogens with zero attached hydrogens (tertiary/aromatic N) is 2. The van der Waals surface area contributed by atoms with Gasteiger partial charge in [0, 0.05) is 6.54 Å². The molecule has 1 heterocycles. The lowest BCUT2D eigenvalue weighted by Crippen LogP contribution is -2.06. The quantitative estimate of drug-likeness (QED) is 0.880. The largest absolute Gasteiger partial charge is 0.487 e. The minimum Gasteiger partial charge on any atom is -0.487 e. The fourth-order valence-corrected chi connectivity index (χ4v) is 2.37. The van der Waals surface area contributed by atoms with Gasteiger partial charge in [0.1, 0.15) is 12.4 Å². The highest BCUT2D eigenvalue weighted by atomic mass is 35.5. The second kappa shape index (κ2) is 6.96. The van der Waals surface area contributed by atoms with E-state index in [1.807, 2.05) is 49.7 Å². The van der Waals surface area contributed by atoms with Crippen molar-refractivity contribution in [3.05, 3.63) is 46.2 Å². The summed E-state index contributed by atoms with van der Waals surface area (Å²) in [5.41, 5.74) is 2.60. The molecule has 1 atom stereocenters. The second-order valence-electron chi connectivity index (χ2n) is 4.94. The van der Waals surface area contributed by atoms with Crippen molar-refractivity contribution in [3.8, 4) is 5.75 Å². The fourth-order valence-electron chi connectivity index (χ4n) is 2.18. The Hall–Kier alpha value is -1.52. The van der Waals surface area contributed by atoms with Gasteiger partial charge in [-0.3, -0.25) is 4.68 Å². The Kier molecular flexibility index (Phi) is 5.26. The van der Waals surface area contributed by atoms with E-state index in [4.69, 9.17) is 16.3 Å². The van der Waals surface area contributed by atoms with Crippen LogP contribution in [0.5, 0.6) is 5.75 Å². The van der Waals surface area contributed by atoms with Crippen molar-refractivity contribution in [2.45, 2.75) is 46.4 Å². The summed E-state index contributed by atoms with van der Waals surface area (Å²) in [6, 6.07) is 7.49. The van der Waals surface area contributed by atoms with E-state index in [1.54, 1.807) is 0 Å². The van der Waals surface area contributed by atoms with E-state index in [1.165, 1.54) is 0 Å². The first kappa shape index (κ1) is 15.9. The van der Waals surface area contributed by atoms with Crippen LogP contribution in [0.1, 0.15) is 43.3 Å². The van der Waals surface area contributed by atoms with Crippen molar-refractivity contribution >= 4 is 11.6 Å². The van der Waals surface area contributed by atoms with Crippen molar-refractivity contribution in [1.29, 1.82) is 0 Å². The molecule has 1 aromatic heterocycles. The molecule has 0 saturated carbocycles. The van der Waals surface area contributed by atoms with Crippen LogP contribution in [0.2, 0.25) is 5.02 Å². The molecule has 21 heavy (non-hydrogen) atoms. The van der Waals surface area contributed by atoms with Crippen molar-refractivity contribution in [3.63, 3.8) is 0 Å². The summed E-state index contributed by atoms with van der Waals surface area (Å²) >= 11 is 6.25. The maximum atomic E-state index is 9.77. The van der Waals surface area contributed by atoms with E-state index in [9.17, 15) is 5.11 Å². The van der Waals surface area contributed by atoms with Gasteiger partial charge in [0.25, 0.3) is 0 Å². The van der Waals surface area contributed by atoms with Crippen LogP contribution in [-0.2, 0) is 13.2 Å². The number of aliphatic hydroxyl groups is 1. The average Bonchev–Trinajstić information content (AvgIpc) is 2.79. The molecule has 0 aliphatic heterocycles. The zero-order valence-electron chi connectivity index (χ0n) is 12.6. The standard InChI is InChI=1S/C16H21ClN2O2/c1-4-15(20)12-6-8-13(9-7-12)21-10-14-16(17)11(3)18-19(14)5-2/h6-9,15,20H,4-5,10H2,1-3H3. The summed E-state index contributed by atoms with van der Waals surface area (Å²) in [7, 11) is 0. The summed E-state index contributed by atoms with van der Waals surface area (Å²) in [6.45, 7) is 6.99. The Labute approximate surface area is 130 Å². The highest BCUT2D eigenvalue weighted by molar-refractivity contribution is 6.31. The zero-order valence-corrected chi connectivity index (χ0v) is 13.4. The highest BCUT2D eigenvalue weighted by Gasteiger charge is 2.13. The minimum absolute atomic E-state index is 0.378. The maximum Gasteiger partial charge on any atom is 0.131 e. The summed E-state index contributed by atoms with van der Waals surface area (Å²) in [6.07, 6.45) is 0.280. The molecule has 0 amide bonds. The van der Waals surface area contributed by atoms with E-state index in [0.717, 1.165) is 29.2 Å². The molecule has 2 rings (SSSR count). The Morgan fingerprint density at radius 1 is 1.29 bits per heavy atom. The third kappa shape index (κ3) is 3.57. The lowest BCUT2D eigenvalue weighted by atomic mass is 10.1. The predicted molar refractivity (Wildman–Crippen MR) is 83.7 cm³/mol. The van der Waals surface area contributed by atoms with Gasteiger partial charge in [-0.05, 0) is 38.0 Å². The third-order valence-corrected chi connectivity index (χ3v) is 3.97. The summed E-state index contributed by atoms with van der Waals surface area (Å²) < 4.78 is 7.62. The first-order valence-corrected chi connectivity index (χ1v) is 7.57. The molecule has 1 aromatic carbocycles. The van der Waals surface area contributed by atoms with E-state index in [0.29, 0.717) is 18.1 Å². The van der Waals surface area contributed by atoms with Crippen molar-refractivity contribution < 1.29 is 9.84 Å². The number of halogens is 1. The summed E-state index contributed by atoms with van der Waals surface area (Å²) in [4.78, 5) is 0. The monoisotopic (exact) mass is 308 g/mol. The van der Waals surface area contributed by atoms with Gasteiger partial charge in [-0.1, -0.05) is 30.7 Å². The van der Waals surface area contributed by atoms with Crippen molar-refractivity contribution in [1.82, 2.24) is 9.78 Å². The first-order valence-electron chi connectivity index (χ1n) is 7.19. The van der Waals surface area contributed by atoms with Gasteiger partial charge in [0.05, 0.1) is 22.5 Å². The van der Waals surface area contributed by atoms with Crippen LogP contribution in [0.15, 0.2) is 24.3 Å². The van der Waals surface area contributed by atoms with E-state index in [2.05, 4.69) is 5.10 Å². The van der Waals surface area contributed by atoms with Crippen molar-refractivity contribution in [2.75, 3.05) is 0 Å². The molecule has 0 aliphatic rings. The van der Waals surface area contributed by atoms with Crippen LogP contribution in [0.25, 0.3) is 0 Å². The first-order chi connectivity index (χ1) is 10.1. The summed E-state index contributed by atoms with van der Waals surface area (Å²) in [5, 5.41) is 14.8. The predicted octanol–water partition coefficient (Wildman–Crippen LogP) is 3.89. The molecule has 5 heteroatoms. The number of benzene rings is 1. The Balaban J connectivity index is 2.06. The van der Waals surface area contributed by atoms with Crippen molar-refractivity contribution in [2.24, 2.45) is 0 Å². The molecule has 114 valence electrons. The van der Waals surface area contributed by atoms with Gasteiger partial charge in [0.15, 0.2) is 0 Å². The number of aliphatic hydroxyl groups excluding tert-OH is 1. The van der Waals surface area contributed by atoms with Gasteiger partial charge in [-0.2, -0.15) is 5.10 Å². The van der Waals surface area contributed by atoms with Gasteiger partial charge in [0.2, 0.25) is 0 Å². The number of hydrogen-bond acceptors (Lipinski definition) is 3. The number of rotatable bonds is 6. The lowest BCUT2D eigenvalue weighted by Gasteiger charge is -2.11. The molecule has 0 fully saturated rings. The fraction of sp³-hybridized carbons (Fsp3) is 0.438. The van der Waals surface area contributed by atoms with Crippen LogP contribution in [0.3, 0.4) is 0 Å². The molecule has 0 aliphatic carbocycles. The Morgan fingerprint density at radius 2 is 1.95 bits per heavy atom. The molecule has 1 N–H and O–H groups in total. The maximum absolute atomic E-state index is 9.77. The average molecular weight is 309 g/mol. The van der Waals surface area contributed by atoms with Gasteiger partial charge < -0.3 is 9.84 Å². The lowest BCUT2D eigenvalue weighted by molar-refractivity contribution is 0.173. The van der Waals surface area contributed by atoms with Crippen LogP contribution >= 0.6 is 11.6 Å². The number of aromatic nitrogens is 2. The SMILES string of the molecule is CCC(O)c1ccc(OCc2c(Cl)c(C)nn2CC)cc1. The van der Waals surface area contributed by atoms with Crippen LogP contribution in [0.4, 0.5) is 0 Å². The molecular weight excluding hydrogens is 288 g/mol. The second-order valence-corrected chi connectivity index (χ2v) is 5.32. The van der Waals surface area contributed by atoms with E-state index < -0.39 is 6.10 Å². The van der Waals surface area contributed by atoms with Crippen LogP contribution in [0, 0.1) is 6.92 Å². The molecule has 0 spiro atoms. The molecule has 0 bridgehead atoms. The number of ether oxygens (including phenoxy) is 1. The normalized spacial score (nSPS) is 12.4. The smallest absolute Gasteiger partial charge is 0.131 e.